The molecule has 4 heteroatoms. The van der Waals surface area contributed by atoms with Crippen molar-refractivity contribution < 1.29 is 4.74 Å². The van der Waals surface area contributed by atoms with Gasteiger partial charge in [0.1, 0.15) is 6.34 Å². The molecular weight excluding hydrogens is 466 g/mol. The van der Waals surface area contributed by atoms with E-state index in [1.54, 1.807) is 6.34 Å². The summed E-state index contributed by atoms with van der Waals surface area (Å²) in [6.45, 7) is 13.6. The van der Waals surface area contributed by atoms with E-state index in [1.165, 1.54) is 65.8 Å². The molecule has 0 aromatic heterocycles. The van der Waals surface area contributed by atoms with E-state index >= 15 is 0 Å². The van der Waals surface area contributed by atoms with Crippen molar-refractivity contribution in [3.63, 3.8) is 0 Å². The van der Waals surface area contributed by atoms with Crippen LogP contribution in [0.4, 0.5) is 0 Å². The van der Waals surface area contributed by atoms with Gasteiger partial charge in [0.05, 0.1) is 12.6 Å². The van der Waals surface area contributed by atoms with Gasteiger partial charge in [0.15, 0.2) is 0 Å². The zero-order valence-corrected chi connectivity index (χ0v) is 24.1. The lowest BCUT2D eigenvalue weighted by molar-refractivity contribution is 0.122. The minimum atomic E-state index is 0.373. The topological polar surface area (TPSA) is 37.2 Å². The highest BCUT2D eigenvalue weighted by molar-refractivity contribution is 6.01. The molecule has 38 heavy (non-hydrogen) atoms. The number of nitrogens with zero attached hydrogens (tertiary/aromatic N) is 3. The number of hydrogen-bond donors (Lipinski definition) is 0. The maximum absolute atomic E-state index is 5.67. The molecule has 0 N–H and O–H groups in total. The summed E-state index contributed by atoms with van der Waals surface area (Å²) < 4.78 is 5.67. The fourth-order valence-corrected chi connectivity index (χ4v) is 6.84. The molecule has 0 saturated carbocycles. The van der Waals surface area contributed by atoms with E-state index < -0.39 is 0 Å². The first-order valence-electron chi connectivity index (χ1n) is 15.2. The Hall–Kier alpha value is -2.30. The second kappa shape index (κ2) is 12.7. The predicted molar refractivity (Wildman–Crippen MR) is 161 cm³/mol. The Morgan fingerprint density at radius 2 is 1.95 bits per heavy atom. The van der Waals surface area contributed by atoms with Crippen LogP contribution in [0.25, 0.3) is 5.57 Å². The van der Waals surface area contributed by atoms with Gasteiger partial charge in [0.2, 0.25) is 0 Å². The average molecular weight is 514 g/mol. The molecule has 2 unspecified atom stereocenters. The second-order valence-corrected chi connectivity index (χ2v) is 12.0. The highest BCUT2D eigenvalue weighted by Crippen LogP contribution is 2.39. The molecule has 4 nitrogen and oxygen atoms in total. The number of aryl methyl sites for hydroxylation is 1. The van der Waals surface area contributed by atoms with Crippen molar-refractivity contribution in [1.29, 1.82) is 0 Å². The van der Waals surface area contributed by atoms with Crippen LogP contribution < -0.4 is 0 Å². The number of ether oxygens (including phenoxy) is 1. The summed E-state index contributed by atoms with van der Waals surface area (Å²) in [5, 5.41) is 0. The first-order valence-corrected chi connectivity index (χ1v) is 15.2. The Bertz CT molecular complexity index is 1120. The van der Waals surface area contributed by atoms with Crippen molar-refractivity contribution in [2.75, 3.05) is 26.3 Å². The molecule has 2 atom stereocenters. The van der Waals surface area contributed by atoms with Crippen molar-refractivity contribution in [3.8, 4) is 0 Å². The standard InChI is InChI=1S/C34H47N3O/c1-5-7-32(27-8-6-9-29-21-30(13-12-27)36-23-35-29)34(24(2)3)33-20-28(11-10-25(33)4)26-14-17-37(18-15-26)31-16-19-38-22-31/h8,10-13,20,23-24,26,29,31H,5-7,9,14-19,21-22H2,1-4H3/b13-12-,27-8+,34-32+. The third-order valence-electron chi connectivity index (χ3n) is 8.99. The molecule has 0 radical (unpaired) electrons. The predicted octanol–water partition coefficient (Wildman–Crippen LogP) is 7.69. The number of aliphatic imine (C=N–C) groups is 2. The van der Waals surface area contributed by atoms with E-state index in [0.717, 1.165) is 51.0 Å². The van der Waals surface area contributed by atoms with Crippen LogP contribution in [-0.4, -0.2) is 55.3 Å². The molecule has 3 heterocycles. The quantitative estimate of drug-likeness (QED) is 0.375. The average Bonchev–Trinajstić information content (AvgIpc) is 3.48. The zero-order valence-electron chi connectivity index (χ0n) is 24.1. The van der Waals surface area contributed by atoms with Gasteiger partial charge in [0.25, 0.3) is 0 Å². The number of hydrogen-bond acceptors (Lipinski definition) is 4. The van der Waals surface area contributed by atoms with E-state index in [9.17, 15) is 0 Å². The first kappa shape index (κ1) is 27.3. The molecule has 1 aromatic carbocycles. The van der Waals surface area contributed by atoms with Gasteiger partial charge in [-0.2, -0.15) is 0 Å². The largest absolute Gasteiger partial charge is 0.380 e. The monoisotopic (exact) mass is 513 g/mol. The van der Waals surface area contributed by atoms with Gasteiger partial charge >= 0.3 is 0 Å². The number of allylic oxidation sites excluding steroid dienone is 6. The number of rotatable bonds is 7. The van der Waals surface area contributed by atoms with Crippen LogP contribution in [0.3, 0.4) is 0 Å². The Morgan fingerprint density at radius 3 is 2.68 bits per heavy atom. The summed E-state index contributed by atoms with van der Waals surface area (Å²) in [6.07, 6.45) is 17.9. The number of piperidine rings is 1. The van der Waals surface area contributed by atoms with Gasteiger partial charge in [-0.1, -0.05) is 57.5 Å². The molecule has 2 bridgehead atoms. The van der Waals surface area contributed by atoms with Crippen LogP contribution >= 0.6 is 0 Å². The molecule has 4 aliphatic rings. The fourth-order valence-electron chi connectivity index (χ4n) is 6.84. The summed E-state index contributed by atoms with van der Waals surface area (Å²) in [5.41, 5.74) is 9.99. The summed E-state index contributed by atoms with van der Waals surface area (Å²) in [7, 11) is 0. The van der Waals surface area contributed by atoms with E-state index in [2.05, 4.69) is 79.0 Å². The molecule has 5 rings (SSSR count). The molecule has 204 valence electrons. The van der Waals surface area contributed by atoms with Crippen molar-refractivity contribution in [2.24, 2.45) is 15.9 Å². The summed E-state index contributed by atoms with van der Waals surface area (Å²) in [4.78, 5) is 11.8. The first-order chi connectivity index (χ1) is 18.5. The SMILES string of the molecule is CCCC(/C1=C/CCC2CC(=NC=N2)/C=C\1)=C(\c1cc(C2CCN(C3CCOC3)CC2)ccc1C)C(C)C. The van der Waals surface area contributed by atoms with Crippen LogP contribution in [0.15, 0.2) is 57.6 Å². The van der Waals surface area contributed by atoms with Gasteiger partial charge in [0, 0.05) is 24.8 Å². The van der Waals surface area contributed by atoms with E-state index in [1.807, 2.05) is 0 Å². The second-order valence-electron chi connectivity index (χ2n) is 12.0. The summed E-state index contributed by atoms with van der Waals surface area (Å²) in [5.74, 6) is 1.11. The molecule has 2 fully saturated rings. The highest BCUT2D eigenvalue weighted by atomic mass is 16.5. The minimum absolute atomic E-state index is 0.373. The smallest absolute Gasteiger partial charge is 0.110 e. The number of fused-ring (bicyclic) bond motifs is 2. The van der Waals surface area contributed by atoms with Crippen molar-refractivity contribution in [3.05, 3.63) is 64.3 Å². The van der Waals surface area contributed by atoms with Gasteiger partial charge in [-0.25, -0.2) is 4.99 Å². The van der Waals surface area contributed by atoms with E-state index in [4.69, 9.17) is 4.74 Å². The molecule has 0 amide bonds. The van der Waals surface area contributed by atoms with Crippen LogP contribution in [-0.2, 0) is 4.74 Å². The van der Waals surface area contributed by atoms with Crippen molar-refractivity contribution in [2.45, 2.75) is 97.1 Å². The highest BCUT2D eigenvalue weighted by Gasteiger charge is 2.29. The lowest BCUT2D eigenvalue weighted by atomic mass is 9.80. The Balaban J connectivity index is 1.46. The normalized spacial score (nSPS) is 27.7. The fraction of sp³-hybridized carbons (Fsp3) is 0.588. The molecule has 1 aliphatic carbocycles. The lowest BCUT2D eigenvalue weighted by Crippen LogP contribution is -2.41. The zero-order chi connectivity index (χ0) is 26.5. The molecule has 1 aromatic rings. The van der Waals surface area contributed by atoms with E-state index in [-0.39, 0.29) is 0 Å². The van der Waals surface area contributed by atoms with Crippen LogP contribution in [0.2, 0.25) is 0 Å². The van der Waals surface area contributed by atoms with Crippen LogP contribution in [0, 0.1) is 12.8 Å². The molecule has 3 aliphatic heterocycles. The Labute approximate surface area is 230 Å². The van der Waals surface area contributed by atoms with Crippen molar-refractivity contribution >= 4 is 17.6 Å². The Kier molecular flexibility index (Phi) is 9.12. The Morgan fingerprint density at radius 1 is 1.11 bits per heavy atom. The number of benzene rings is 1. The van der Waals surface area contributed by atoms with Crippen molar-refractivity contribution in [1.82, 2.24) is 4.90 Å². The van der Waals surface area contributed by atoms with Gasteiger partial charge in [-0.15, -0.1) is 0 Å². The van der Waals surface area contributed by atoms with Crippen LogP contribution in [0.1, 0.15) is 94.7 Å². The van der Waals surface area contributed by atoms with E-state index in [0.29, 0.717) is 23.9 Å². The van der Waals surface area contributed by atoms with Gasteiger partial charge in [-0.05, 0) is 110 Å². The molecule has 2 saturated heterocycles. The summed E-state index contributed by atoms with van der Waals surface area (Å²) >= 11 is 0. The van der Waals surface area contributed by atoms with Gasteiger partial charge < -0.3 is 4.74 Å². The molecule has 0 spiro atoms. The van der Waals surface area contributed by atoms with Crippen LogP contribution in [0.5, 0.6) is 0 Å². The maximum Gasteiger partial charge on any atom is 0.110 e. The lowest BCUT2D eigenvalue weighted by Gasteiger charge is -2.35. The third-order valence-corrected chi connectivity index (χ3v) is 8.99. The molecular formula is C34H47N3O. The summed E-state index contributed by atoms with van der Waals surface area (Å²) in [6, 6.07) is 8.37. The maximum atomic E-state index is 5.67. The number of likely N-dealkylation sites (tertiary alicyclic amines) is 1. The minimum Gasteiger partial charge on any atom is -0.380 e. The van der Waals surface area contributed by atoms with Gasteiger partial charge in [-0.3, -0.25) is 9.89 Å². The third kappa shape index (κ3) is 6.29.